The molecule has 3 atom stereocenters. The maximum atomic E-state index is 14.1. The highest BCUT2D eigenvalue weighted by Gasteiger charge is 2.31. The first kappa shape index (κ1) is 32.9. The van der Waals surface area contributed by atoms with E-state index in [0.717, 1.165) is 23.6 Å². The number of hydrogen-bond donors (Lipinski definition) is 3. The van der Waals surface area contributed by atoms with Gasteiger partial charge in [-0.25, -0.2) is 8.78 Å². The summed E-state index contributed by atoms with van der Waals surface area (Å²) in [4.78, 5) is 28.3. The minimum Gasteiger partial charge on any atom is -0.390 e. The van der Waals surface area contributed by atoms with Gasteiger partial charge in [0.15, 0.2) is 0 Å². The summed E-state index contributed by atoms with van der Waals surface area (Å²) >= 11 is 0. The Morgan fingerprint density at radius 3 is 2.21 bits per heavy atom. The van der Waals surface area contributed by atoms with Gasteiger partial charge in [0.1, 0.15) is 11.6 Å². The van der Waals surface area contributed by atoms with Crippen molar-refractivity contribution < 1.29 is 23.5 Å². The highest BCUT2D eigenvalue weighted by atomic mass is 19.1. The zero-order chi connectivity index (χ0) is 30.6. The molecule has 0 saturated heterocycles. The van der Waals surface area contributed by atoms with E-state index < -0.39 is 23.8 Å². The number of carbonyl (C=O) groups excluding carboxylic acids is 2. The summed E-state index contributed by atoms with van der Waals surface area (Å²) in [6.07, 6.45) is 0.395. The molecule has 0 aromatic heterocycles. The van der Waals surface area contributed by atoms with Crippen LogP contribution in [0.25, 0.3) is 0 Å². The summed E-state index contributed by atoms with van der Waals surface area (Å²) in [6.45, 7) is 9.38. The second kappa shape index (κ2) is 16.1. The van der Waals surface area contributed by atoms with E-state index in [0.29, 0.717) is 42.7 Å². The number of aryl methyl sites for hydroxylation is 1. The number of rotatable bonds is 15. The van der Waals surface area contributed by atoms with Crippen molar-refractivity contribution in [2.75, 3.05) is 26.2 Å². The fraction of sp³-hybridized carbons (Fsp3) is 0.412. The molecule has 0 saturated carbocycles. The van der Waals surface area contributed by atoms with Crippen molar-refractivity contribution in [3.05, 3.63) is 106 Å². The van der Waals surface area contributed by atoms with Crippen LogP contribution < -0.4 is 10.6 Å². The molecule has 0 spiro atoms. The molecule has 0 aliphatic rings. The van der Waals surface area contributed by atoms with Crippen molar-refractivity contribution in [1.82, 2.24) is 15.5 Å². The summed E-state index contributed by atoms with van der Waals surface area (Å²) in [7, 11) is 0. The maximum absolute atomic E-state index is 14.1. The molecule has 2 amide bonds. The van der Waals surface area contributed by atoms with E-state index in [-0.39, 0.29) is 30.7 Å². The SMILES string of the molecule is CCCNC(=O)c1cc(C)cc(C(=O)N(CCC)[C@@H](Cc2cc(F)cc(F)c2)[C@H](O)CNCC(C)c2ccccc2)c1. The molecule has 0 aliphatic heterocycles. The van der Waals surface area contributed by atoms with Gasteiger partial charge >= 0.3 is 0 Å². The van der Waals surface area contributed by atoms with Gasteiger partial charge in [-0.15, -0.1) is 0 Å². The van der Waals surface area contributed by atoms with Crippen molar-refractivity contribution in [2.45, 2.75) is 65.0 Å². The van der Waals surface area contributed by atoms with Crippen LogP contribution in [-0.2, 0) is 6.42 Å². The van der Waals surface area contributed by atoms with E-state index in [1.165, 1.54) is 12.1 Å². The highest BCUT2D eigenvalue weighted by molar-refractivity contribution is 6.00. The Morgan fingerprint density at radius 1 is 0.905 bits per heavy atom. The summed E-state index contributed by atoms with van der Waals surface area (Å²) < 4.78 is 28.2. The number of nitrogens with one attached hydrogen (secondary N) is 2. The Kier molecular flexibility index (Phi) is 12.6. The summed E-state index contributed by atoms with van der Waals surface area (Å²) in [5, 5.41) is 17.6. The van der Waals surface area contributed by atoms with Gasteiger partial charge in [0.05, 0.1) is 12.1 Å². The lowest BCUT2D eigenvalue weighted by atomic mass is 9.96. The number of amides is 2. The van der Waals surface area contributed by atoms with Gasteiger partial charge in [-0.3, -0.25) is 9.59 Å². The molecule has 0 aliphatic carbocycles. The molecular weight excluding hydrogens is 536 g/mol. The predicted octanol–water partition coefficient (Wildman–Crippen LogP) is 5.63. The highest BCUT2D eigenvalue weighted by Crippen LogP contribution is 2.21. The minimum atomic E-state index is -1.04. The average molecular weight is 580 g/mol. The van der Waals surface area contributed by atoms with E-state index in [2.05, 4.69) is 17.6 Å². The third-order valence-electron chi connectivity index (χ3n) is 7.23. The number of hydrogen-bond acceptors (Lipinski definition) is 4. The first-order valence-electron chi connectivity index (χ1n) is 14.7. The first-order valence-corrected chi connectivity index (χ1v) is 14.7. The van der Waals surface area contributed by atoms with Crippen LogP contribution in [0.5, 0.6) is 0 Å². The Bertz CT molecular complexity index is 1300. The lowest BCUT2D eigenvalue weighted by Crippen LogP contribution is -2.52. The topological polar surface area (TPSA) is 81.7 Å². The van der Waals surface area contributed by atoms with Gasteiger partial charge in [-0.05, 0) is 79.1 Å². The van der Waals surface area contributed by atoms with Crippen molar-refractivity contribution in [1.29, 1.82) is 0 Å². The molecule has 6 nitrogen and oxygen atoms in total. The van der Waals surface area contributed by atoms with Crippen LogP contribution in [0.4, 0.5) is 8.78 Å². The standard InChI is InChI=1S/C34H43F2N3O3/c1-5-12-38-33(41)27-14-23(3)15-28(19-27)34(42)39(13-6-2)31(18-25-16-29(35)20-30(36)17-25)32(40)22-37-21-24(4)26-10-8-7-9-11-26/h7-11,14-17,19-20,24,31-32,37,40H,5-6,12-13,18,21-22H2,1-4H3,(H,38,41)/t24?,31-,32+/m0/s1. The monoisotopic (exact) mass is 579 g/mol. The Morgan fingerprint density at radius 2 is 1.57 bits per heavy atom. The number of benzene rings is 3. The molecule has 0 radical (unpaired) electrons. The second-order valence-corrected chi connectivity index (χ2v) is 10.9. The number of nitrogens with zero attached hydrogens (tertiary/aromatic N) is 1. The predicted molar refractivity (Wildman–Crippen MR) is 163 cm³/mol. The third-order valence-corrected chi connectivity index (χ3v) is 7.23. The zero-order valence-electron chi connectivity index (χ0n) is 25.0. The van der Waals surface area contributed by atoms with Gasteiger partial charge in [-0.2, -0.15) is 0 Å². The van der Waals surface area contributed by atoms with Crippen LogP contribution in [0, 0.1) is 18.6 Å². The summed E-state index contributed by atoms with van der Waals surface area (Å²) in [6, 6.07) is 17.5. The number of aliphatic hydroxyl groups excluding tert-OH is 1. The number of aliphatic hydroxyl groups is 1. The van der Waals surface area contributed by atoms with E-state index >= 15 is 0 Å². The molecule has 8 heteroatoms. The van der Waals surface area contributed by atoms with E-state index in [1.54, 1.807) is 23.1 Å². The Balaban J connectivity index is 1.89. The fourth-order valence-corrected chi connectivity index (χ4v) is 5.11. The molecule has 0 fully saturated rings. The maximum Gasteiger partial charge on any atom is 0.254 e. The van der Waals surface area contributed by atoms with Crippen molar-refractivity contribution in [3.63, 3.8) is 0 Å². The normalized spacial score (nSPS) is 13.3. The van der Waals surface area contributed by atoms with Gasteiger partial charge in [0, 0.05) is 43.4 Å². The van der Waals surface area contributed by atoms with Crippen molar-refractivity contribution >= 4 is 11.8 Å². The number of halogens is 2. The van der Waals surface area contributed by atoms with Gasteiger partial charge in [0.2, 0.25) is 0 Å². The lowest BCUT2D eigenvalue weighted by Gasteiger charge is -2.35. The number of carbonyl (C=O) groups is 2. The quantitative estimate of drug-likeness (QED) is 0.218. The molecular formula is C34H43F2N3O3. The van der Waals surface area contributed by atoms with Gasteiger partial charge in [-0.1, -0.05) is 51.1 Å². The molecule has 3 aromatic carbocycles. The van der Waals surface area contributed by atoms with E-state index in [4.69, 9.17) is 0 Å². The minimum absolute atomic E-state index is 0.0488. The fourth-order valence-electron chi connectivity index (χ4n) is 5.11. The molecule has 226 valence electrons. The van der Waals surface area contributed by atoms with Crippen molar-refractivity contribution in [3.8, 4) is 0 Å². The van der Waals surface area contributed by atoms with E-state index in [1.807, 2.05) is 51.1 Å². The third kappa shape index (κ3) is 9.46. The van der Waals surface area contributed by atoms with Gasteiger partial charge < -0.3 is 20.6 Å². The van der Waals surface area contributed by atoms with Crippen LogP contribution in [0.15, 0.2) is 66.7 Å². The second-order valence-electron chi connectivity index (χ2n) is 10.9. The molecule has 0 bridgehead atoms. The van der Waals surface area contributed by atoms with Crippen LogP contribution in [0.1, 0.15) is 76.9 Å². The van der Waals surface area contributed by atoms with Crippen LogP contribution in [-0.4, -0.2) is 60.1 Å². The molecule has 42 heavy (non-hydrogen) atoms. The lowest BCUT2D eigenvalue weighted by molar-refractivity contribution is 0.0354. The Labute approximate surface area is 248 Å². The van der Waals surface area contributed by atoms with E-state index in [9.17, 15) is 23.5 Å². The zero-order valence-corrected chi connectivity index (χ0v) is 25.0. The Hall–Kier alpha value is -3.62. The van der Waals surface area contributed by atoms with Crippen molar-refractivity contribution in [2.24, 2.45) is 0 Å². The largest absolute Gasteiger partial charge is 0.390 e. The molecule has 3 rings (SSSR count). The molecule has 3 N–H and O–H groups in total. The summed E-state index contributed by atoms with van der Waals surface area (Å²) in [5.41, 5.74) is 2.95. The van der Waals surface area contributed by atoms with Crippen LogP contribution in [0.3, 0.4) is 0 Å². The average Bonchev–Trinajstić information content (AvgIpc) is 2.96. The molecule has 0 heterocycles. The summed E-state index contributed by atoms with van der Waals surface area (Å²) in [5.74, 6) is -1.87. The van der Waals surface area contributed by atoms with Crippen LogP contribution in [0.2, 0.25) is 0 Å². The smallest absolute Gasteiger partial charge is 0.254 e. The molecule has 1 unspecified atom stereocenters. The van der Waals surface area contributed by atoms with Crippen LogP contribution >= 0.6 is 0 Å². The molecule has 3 aromatic rings. The first-order chi connectivity index (χ1) is 20.1. The van der Waals surface area contributed by atoms with Gasteiger partial charge in [0.25, 0.3) is 11.8 Å².